The molecular formula is C31H19N3. The van der Waals surface area contributed by atoms with E-state index in [2.05, 4.69) is 107 Å². The zero-order valence-electron chi connectivity index (χ0n) is 18.3. The number of rotatable bonds is 2. The first-order valence-electron chi connectivity index (χ1n) is 11.3. The molecule has 0 amide bonds. The maximum Gasteiger partial charge on any atom is 0.0992 e. The molecule has 0 saturated heterocycles. The van der Waals surface area contributed by atoms with E-state index in [1.54, 1.807) is 0 Å². The monoisotopic (exact) mass is 433 g/mol. The van der Waals surface area contributed by atoms with Crippen molar-refractivity contribution in [3.63, 3.8) is 0 Å². The van der Waals surface area contributed by atoms with Gasteiger partial charge in [0.25, 0.3) is 0 Å². The van der Waals surface area contributed by atoms with Gasteiger partial charge in [-0.15, -0.1) is 0 Å². The molecule has 7 rings (SSSR count). The quantitative estimate of drug-likeness (QED) is 0.295. The van der Waals surface area contributed by atoms with Gasteiger partial charge in [-0.25, -0.2) is 0 Å². The van der Waals surface area contributed by atoms with Crippen LogP contribution in [0.2, 0.25) is 0 Å². The Kier molecular flexibility index (Phi) is 3.91. The SMILES string of the molecule is N#Cc1cccc(-n2c3ccccc3c3cc(-c4ccc5[nH]c6ccccc6c5c4)ccc32)c1. The molecule has 0 unspecified atom stereocenters. The van der Waals surface area contributed by atoms with Gasteiger partial charge in [-0.1, -0.05) is 54.6 Å². The van der Waals surface area contributed by atoms with Crippen molar-refractivity contribution in [3.05, 3.63) is 115 Å². The lowest BCUT2D eigenvalue weighted by Gasteiger charge is -2.09. The van der Waals surface area contributed by atoms with Gasteiger partial charge >= 0.3 is 0 Å². The number of nitrogens with one attached hydrogen (secondary N) is 1. The van der Waals surface area contributed by atoms with Crippen LogP contribution in [0.4, 0.5) is 0 Å². The molecule has 0 aliphatic heterocycles. The highest BCUT2D eigenvalue weighted by Gasteiger charge is 2.14. The van der Waals surface area contributed by atoms with E-state index in [-0.39, 0.29) is 0 Å². The Hall–Kier alpha value is -4.81. The Morgan fingerprint density at radius 2 is 1.26 bits per heavy atom. The summed E-state index contributed by atoms with van der Waals surface area (Å²) in [7, 11) is 0. The Labute approximate surface area is 196 Å². The fourth-order valence-electron chi connectivity index (χ4n) is 5.17. The third-order valence-electron chi connectivity index (χ3n) is 6.75. The first-order valence-corrected chi connectivity index (χ1v) is 11.3. The fourth-order valence-corrected chi connectivity index (χ4v) is 5.17. The molecule has 2 heterocycles. The predicted molar refractivity (Wildman–Crippen MR) is 140 cm³/mol. The van der Waals surface area contributed by atoms with E-state index in [1.165, 1.54) is 32.7 Å². The topological polar surface area (TPSA) is 44.5 Å². The number of hydrogen-bond donors (Lipinski definition) is 1. The highest BCUT2D eigenvalue weighted by atomic mass is 15.0. The van der Waals surface area contributed by atoms with Crippen LogP contribution in [-0.4, -0.2) is 9.55 Å². The van der Waals surface area contributed by atoms with Crippen molar-refractivity contribution in [2.75, 3.05) is 0 Å². The van der Waals surface area contributed by atoms with Gasteiger partial charge in [-0.2, -0.15) is 5.26 Å². The highest BCUT2D eigenvalue weighted by molar-refractivity contribution is 6.11. The van der Waals surface area contributed by atoms with Gasteiger partial charge in [0.2, 0.25) is 0 Å². The Morgan fingerprint density at radius 3 is 2.15 bits per heavy atom. The number of hydrogen-bond acceptors (Lipinski definition) is 1. The molecule has 0 saturated carbocycles. The molecule has 0 atom stereocenters. The van der Waals surface area contributed by atoms with Crippen LogP contribution in [-0.2, 0) is 0 Å². The maximum absolute atomic E-state index is 9.41. The number of aromatic nitrogens is 2. The minimum Gasteiger partial charge on any atom is -0.355 e. The van der Waals surface area contributed by atoms with Gasteiger partial charge in [0.05, 0.1) is 22.7 Å². The average molecular weight is 434 g/mol. The molecule has 0 fully saturated rings. The van der Waals surface area contributed by atoms with Crippen molar-refractivity contribution in [2.24, 2.45) is 0 Å². The van der Waals surface area contributed by atoms with E-state index < -0.39 is 0 Å². The summed E-state index contributed by atoms with van der Waals surface area (Å²) in [5, 5.41) is 14.3. The Morgan fingerprint density at radius 1 is 0.559 bits per heavy atom. The van der Waals surface area contributed by atoms with Crippen molar-refractivity contribution >= 4 is 43.6 Å². The number of fused-ring (bicyclic) bond motifs is 6. The second kappa shape index (κ2) is 7.10. The number of H-pyrrole nitrogens is 1. The Balaban J connectivity index is 1.47. The molecule has 0 spiro atoms. The predicted octanol–water partition coefficient (Wildman–Crippen LogP) is 7.96. The fraction of sp³-hybridized carbons (Fsp3) is 0. The van der Waals surface area contributed by atoms with Crippen LogP contribution in [0.1, 0.15) is 5.56 Å². The van der Waals surface area contributed by atoms with Gasteiger partial charge in [0, 0.05) is 38.3 Å². The standard InChI is InChI=1S/C31H19N3/c32-19-20-6-5-7-23(16-20)34-30-11-4-2-9-25(30)27-18-22(13-15-31(27)34)21-12-14-29-26(17-21)24-8-1-3-10-28(24)33-29/h1-18,33H. The first kappa shape index (κ1) is 18.7. The number of nitrogens with zero attached hydrogens (tertiary/aromatic N) is 2. The minimum atomic E-state index is 0.659. The van der Waals surface area contributed by atoms with Gasteiger partial charge in [0.15, 0.2) is 0 Å². The molecule has 2 aromatic heterocycles. The summed E-state index contributed by atoms with van der Waals surface area (Å²) < 4.78 is 2.25. The summed E-state index contributed by atoms with van der Waals surface area (Å²) in [5.74, 6) is 0. The number of nitriles is 1. The maximum atomic E-state index is 9.41. The molecule has 0 radical (unpaired) electrons. The molecule has 158 valence electrons. The Bertz CT molecular complexity index is 1930. The molecule has 7 aromatic rings. The van der Waals surface area contributed by atoms with Crippen molar-refractivity contribution in [3.8, 4) is 22.9 Å². The van der Waals surface area contributed by atoms with Crippen LogP contribution in [0.3, 0.4) is 0 Å². The molecule has 0 bridgehead atoms. The van der Waals surface area contributed by atoms with Crippen LogP contribution in [0, 0.1) is 11.3 Å². The number of aromatic amines is 1. The lowest BCUT2D eigenvalue weighted by Crippen LogP contribution is -1.94. The largest absolute Gasteiger partial charge is 0.355 e. The number of benzene rings is 5. The number of para-hydroxylation sites is 2. The van der Waals surface area contributed by atoms with Crippen molar-refractivity contribution in [1.82, 2.24) is 9.55 Å². The normalized spacial score (nSPS) is 11.5. The highest BCUT2D eigenvalue weighted by Crippen LogP contribution is 2.36. The molecule has 3 heteroatoms. The van der Waals surface area contributed by atoms with Gasteiger partial charge in [0.1, 0.15) is 0 Å². The molecule has 0 aliphatic carbocycles. The molecule has 3 nitrogen and oxygen atoms in total. The van der Waals surface area contributed by atoms with Crippen LogP contribution in [0.15, 0.2) is 109 Å². The summed E-state index contributed by atoms with van der Waals surface area (Å²) in [4.78, 5) is 3.52. The van der Waals surface area contributed by atoms with Crippen LogP contribution in [0.5, 0.6) is 0 Å². The third-order valence-corrected chi connectivity index (χ3v) is 6.75. The van der Waals surface area contributed by atoms with Gasteiger partial charge in [-0.05, 0) is 65.7 Å². The minimum absolute atomic E-state index is 0.659. The third kappa shape index (κ3) is 2.69. The van der Waals surface area contributed by atoms with E-state index in [0.29, 0.717) is 5.56 Å². The van der Waals surface area contributed by atoms with Crippen LogP contribution in [0.25, 0.3) is 60.4 Å². The van der Waals surface area contributed by atoms with E-state index >= 15 is 0 Å². The smallest absolute Gasteiger partial charge is 0.0992 e. The van der Waals surface area contributed by atoms with Gasteiger partial charge < -0.3 is 9.55 Å². The van der Waals surface area contributed by atoms with Crippen LogP contribution >= 0.6 is 0 Å². The molecular weight excluding hydrogens is 414 g/mol. The van der Waals surface area contributed by atoms with Crippen molar-refractivity contribution in [1.29, 1.82) is 5.26 Å². The van der Waals surface area contributed by atoms with E-state index in [1.807, 2.05) is 18.2 Å². The van der Waals surface area contributed by atoms with Crippen LogP contribution < -0.4 is 0 Å². The van der Waals surface area contributed by atoms with E-state index in [9.17, 15) is 5.26 Å². The average Bonchev–Trinajstić information content (AvgIpc) is 3.43. The lowest BCUT2D eigenvalue weighted by molar-refractivity contribution is 1.18. The second-order valence-corrected chi connectivity index (χ2v) is 8.68. The van der Waals surface area contributed by atoms with E-state index in [4.69, 9.17) is 0 Å². The van der Waals surface area contributed by atoms with Gasteiger partial charge in [-0.3, -0.25) is 0 Å². The van der Waals surface area contributed by atoms with Crippen molar-refractivity contribution < 1.29 is 0 Å². The molecule has 1 N–H and O–H groups in total. The van der Waals surface area contributed by atoms with E-state index in [0.717, 1.165) is 27.8 Å². The lowest BCUT2D eigenvalue weighted by atomic mass is 10.0. The summed E-state index contributed by atoms with van der Waals surface area (Å²) in [6, 6.07) is 40.3. The summed E-state index contributed by atoms with van der Waals surface area (Å²) in [6.07, 6.45) is 0. The molecule has 5 aromatic carbocycles. The molecule has 34 heavy (non-hydrogen) atoms. The summed E-state index contributed by atoms with van der Waals surface area (Å²) >= 11 is 0. The summed E-state index contributed by atoms with van der Waals surface area (Å²) in [6.45, 7) is 0. The summed E-state index contributed by atoms with van der Waals surface area (Å²) in [5.41, 5.74) is 8.62. The zero-order valence-corrected chi connectivity index (χ0v) is 18.3. The zero-order chi connectivity index (χ0) is 22.6. The van der Waals surface area contributed by atoms with Crippen molar-refractivity contribution in [2.45, 2.75) is 0 Å². The first-order chi connectivity index (χ1) is 16.8. The molecule has 0 aliphatic rings. The second-order valence-electron chi connectivity index (χ2n) is 8.68.